The van der Waals surface area contributed by atoms with Crippen LogP contribution < -0.4 is 5.32 Å². The average molecular weight is 504 g/mol. The van der Waals surface area contributed by atoms with Crippen molar-refractivity contribution in [3.05, 3.63) is 65.3 Å². The fourth-order valence-corrected chi connectivity index (χ4v) is 5.73. The third-order valence-electron chi connectivity index (χ3n) is 7.89. The number of hydrogen-bond acceptors (Lipinski definition) is 6. The molecule has 5 rings (SSSR count). The molecule has 3 heterocycles. The molecule has 0 radical (unpaired) electrons. The van der Waals surface area contributed by atoms with Crippen molar-refractivity contribution < 1.29 is 24.9 Å². The molecule has 1 saturated heterocycles. The molecule has 1 aromatic heterocycles. The number of hydrogen-bond donors (Lipinski definition) is 5. The Kier molecular flexibility index (Phi) is 6.16. The molecule has 0 spiro atoms. The number of carbonyl (C=O) groups is 1. The van der Waals surface area contributed by atoms with Gasteiger partial charge in [-0.3, -0.25) is 4.79 Å². The fourth-order valence-electron chi connectivity index (χ4n) is 5.73. The van der Waals surface area contributed by atoms with Gasteiger partial charge in [-0.2, -0.15) is 0 Å². The van der Waals surface area contributed by atoms with Gasteiger partial charge < -0.3 is 30.4 Å². The molecule has 194 valence electrons. The lowest BCUT2D eigenvalue weighted by Crippen LogP contribution is -2.55. The maximum absolute atomic E-state index is 13.0. The molecule has 8 heteroatoms. The van der Waals surface area contributed by atoms with Gasteiger partial charge in [0.15, 0.2) is 5.82 Å². The van der Waals surface area contributed by atoms with Gasteiger partial charge in [-0.05, 0) is 47.9 Å². The monoisotopic (exact) mass is 503 g/mol. The van der Waals surface area contributed by atoms with Crippen LogP contribution in [0.5, 0.6) is 0 Å². The predicted molar refractivity (Wildman–Crippen MR) is 140 cm³/mol. The second-order valence-corrected chi connectivity index (χ2v) is 11.4. The number of aliphatic hydroxyl groups excluding tert-OH is 2. The summed E-state index contributed by atoms with van der Waals surface area (Å²) in [6.07, 6.45) is 15.5. The number of nitrogens with zero attached hydrogens (tertiary/aromatic N) is 1. The van der Waals surface area contributed by atoms with E-state index in [1.54, 1.807) is 24.3 Å². The summed E-state index contributed by atoms with van der Waals surface area (Å²) in [5.74, 6) is 2.12. The fraction of sp³-hybridized carbons (Fsp3) is 0.448. The molecular weight excluding hydrogens is 470 g/mol. The van der Waals surface area contributed by atoms with Crippen LogP contribution in [0.3, 0.4) is 0 Å². The third-order valence-corrected chi connectivity index (χ3v) is 7.89. The van der Waals surface area contributed by atoms with E-state index in [1.807, 2.05) is 6.07 Å². The van der Waals surface area contributed by atoms with Crippen molar-refractivity contribution in [3.8, 4) is 12.3 Å². The molecule has 2 bridgehead atoms. The Labute approximate surface area is 216 Å². The lowest BCUT2D eigenvalue weighted by Gasteiger charge is -2.47. The first kappa shape index (κ1) is 25.4. The number of aliphatic hydroxyl groups is 3. The van der Waals surface area contributed by atoms with Crippen molar-refractivity contribution >= 4 is 17.2 Å². The first-order chi connectivity index (χ1) is 17.5. The van der Waals surface area contributed by atoms with E-state index in [0.29, 0.717) is 16.9 Å². The highest BCUT2D eigenvalue weighted by Gasteiger charge is 2.57. The van der Waals surface area contributed by atoms with Gasteiger partial charge in [-0.1, -0.05) is 44.1 Å². The number of allylic oxidation sites excluding steroid dienone is 2. The molecule has 3 aliphatic rings. The highest BCUT2D eigenvalue weighted by Crippen LogP contribution is 2.52. The number of anilines is 1. The van der Waals surface area contributed by atoms with Crippen LogP contribution in [0.25, 0.3) is 5.57 Å². The van der Waals surface area contributed by atoms with E-state index in [0.717, 1.165) is 30.4 Å². The zero-order valence-electron chi connectivity index (χ0n) is 21.2. The van der Waals surface area contributed by atoms with Gasteiger partial charge in [0.1, 0.15) is 16.9 Å². The summed E-state index contributed by atoms with van der Waals surface area (Å²) >= 11 is 0. The molecule has 1 fully saturated rings. The van der Waals surface area contributed by atoms with E-state index < -0.39 is 22.7 Å². The van der Waals surface area contributed by atoms with Crippen LogP contribution >= 0.6 is 0 Å². The lowest BCUT2D eigenvalue weighted by molar-refractivity contribution is -0.220. The number of carbonyl (C=O) groups excluding carboxylic acids is 1. The largest absolute Gasteiger partial charge is 0.393 e. The molecular formula is C29H33N3O5. The molecule has 1 unspecified atom stereocenters. The standard InChI is InChI=1S/C29H33N3O5/c1-4-21-14-30-24(31-21)25(35)32-23-6-5-20(13-22(23)19-7-9-26(2,3)10-8-19)29(36)15-27(17-33)11-12-28(16-29,18-34)37-27/h1,5-7,11-14,33-34,36H,8-10,15-18H2,2-3H3,(H,30,31)(H,32,35)/t27-,28+,29?. The SMILES string of the molecule is C#Cc1cnc(C(=O)Nc2ccc(C3(O)C[C@@]4(CO)C=C[C@@](CO)(C3)O4)cc2C2=CCC(C)(C)CC2)[nH]1. The second kappa shape index (κ2) is 8.96. The molecule has 0 saturated carbocycles. The predicted octanol–water partition coefficient (Wildman–Crippen LogP) is 3.27. The summed E-state index contributed by atoms with van der Waals surface area (Å²) in [5.41, 5.74) is 0.267. The first-order valence-electron chi connectivity index (χ1n) is 12.6. The second-order valence-electron chi connectivity index (χ2n) is 11.4. The summed E-state index contributed by atoms with van der Waals surface area (Å²) in [6.45, 7) is 3.85. The number of terminal acetylenes is 1. The maximum atomic E-state index is 13.0. The zero-order chi connectivity index (χ0) is 26.5. The van der Waals surface area contributed by atoms with Crippen molar-refractivity contribution in [3.63, 3.8) is 0 Å². The van der Waals surface area contributed by atoms with Gasteiger partial charge >= 0.3 is 0 Å². The number of aromatic amines is 1. The van der Waals surface area contributed by atoms with Crippen LogP contribution in [-0.2, 0) is 10.3 Å². The summed E-state index contributed by atoms with van der Waals surface area (Å²) < 4.78 is 6.03. The van der Waals surface area contributed by atoms with Crippen LogP contribution in [0.15, 0.2) is 42.6 Å². The Hall–Kier alpha value is -3.22. The summed E-state index contributed by atoms with van der Waals surface area (Å²) in [4.78, 5) is 19.9. The van der Waals surface area contributed by atoms with Crippen molar-refractivity contribution in [1.29, 1.82) is 0 Å². The van der Waals surface area contributed by atoms with E-state index in [1.165, 1.54) is 6.20 Å². The quantitative estimate of drug-likeness (QED) is 0.304. The number of rotatable bonds is 6. The Morgan fingerprint density at radius 3 is 2.49 bits per heavy atom. The Balaban J connectivity index is 1.53. The van der Waals surface area contributed by atoms with Gasteiger partial charge in [-0.25, -0.2) is 4.98 Å². The highest BCUT2D eigenvalue weighted by atomic mass is 16.6. The molecule has 1 aromatic carbocycles. The molecule has 1 aliphatic carbocycles. The molecule has 37 heavy (non-hydrogen) atoms. The smallest absolute Gasteiger partial charge is 0.291 e. The molecule has 1 amide bonds. The Morgan fingerprint density at radius 2 is 1.92 bits per heavy atom. The minimum atomic E-state index is -1.36. The number of aromatic nitrogens is 2. The minimum absolute atomic E-state index is 0.113. The Bertz CT molecular complexity index is 1310. The van der Waals surface area contributed by atoms with Gasteiger partial charge in [0, 0.05) is 24.1 Å². The van der Waals surface area contributed by atoms with Gasteiger partial charge in [-0.15, -0.1) is 6.42 Å². The molecule has 2 aromatic rings. The number of amides is 1. The molecule has 5 N–H and O–H groups in total. The van der Waals surface area contributed by atoms with Crippen molar-refractivity contribution in [2.45, 2.75) is 62.8 Å². The summed E-state index contributed by atoms with van der Waals surface area (Å²) in [5, 5.41) is 35.0. The normalized spacial score (nSPS) is 30.0. The van der Waals surface area contributed by atoms with Crippen LogP contribution in [0, 0.1) is 17.8 Å². The van der Waals surface area contributed by atoms with Gasteiger partial charge in [0.25, 0.3) is 5.91 Å². The van der Waals surface area contributed by atoms with Crippen LogP contribution in [0.4, 0.5) is 5.69 Å². The summed E-state index contributed by atoms with van der Waals surface area (Å²) in [6, 6.07) is 5.48. The van der Waals surface area contributed by atoms with Crippen LogP contribution in [-0.4, -0.2) is 55.6 Å². The lowest BCUT2D eigenvalue weighted by atomic mass is 9.73. The maximum Gasteiger partial charge on any atom is 0.291 e. The zero-order valence-corrected chi connectivity index (χ0v) is 21.2. The van der Waals surface area contributed by atoms with Gasteiger partial charge in [0.05, 0.1) is 25.0 Å². The highest BCUT2D eigenvalue weighted by molar-refractivity contribution is 6.03. The number of nitrogens with one attached hydrogen (secondary N) is 2. The minimum Gasteiger partial charge on any atom is -0.393 e. The molecule has 3 atom stereocenters. The summed E-state index contributed by atoms with van der Waals surface area (Å²) in [7, 11) is 0. The number of fused-ring (bicyclic) bond motifs is 2. The number of ether oxygens (including phenoxy) is 1. The average Bonchev–Trinajstić information content (AvgIpc) is 3.48. The van der Waals surface area contributed by atoms with Crippen molar-refractivity contribution in [2.24, 2.45) is 5.41 Å². The van der Waals surface area contributed by atoms with E-state index in [-0.39, 0.29) is 37.3 Å². The Morgan fingerprint density at radius 1 is 1.22 bits per heavy atom. The van der Waals surface area contributed by atoms with Crippen LogP contribution in [0.2, 0.25) is 0 Å². The third kappa shape index (κ3) is 4.64. The van der Waals surface area contributed by atoms with E-state index >= 15 is 0 Å². The number of imidazole rings is 1. The first-order valence-corrected chi connectivity index (χ1v) is 12.6. The van der Waals surface area contributed by atoms with Gasteiger partial charge in [0.2, 0.25) is 0 Å². The molecule has 2 aliphatic heterocycles. The van der Waals surface area contributed by atoms with Crippen molar-refractivity contribution in [1.82, 2.24) is 9.97 Å². The van der Waals surface area contributed by atoms with E-state index in [9.17, 15) is 20.1 Å². The van der Waals surface area contributed by atoms with Crippen molar-refractivity contribution in [2.75, 3.05) is 18.5 Å². The van der Waals surface area contributed by atoms with E-state index in [4.69, 9.17) is 11.2 Å². The van der Waals surface area contributed by atoms with E-state index in [2.05, 4.69) is 41.1 Å². The topological polar surface area (TPSA) is 128 Å². The molecule has 8 nitrogen and oxygen atoms in total. The number of H-pyrrole nitrogens is 1. The number of benzene rings is 1. The van der Waals surface area contributed by atoms with Crippen LogP contribution in [0.1, 0.15) is 73.4 Å².